The number of benzene rings is 3. The summed E-state index contributed by atoms with van der Waals surface area (Å²) in [7, 11) is 0. The fraction of sp³-hybridized carbons (Fsp3) is 0.522. The third-order valence-corrected chi connectivity index (χ3v) is 23.6. The summed E-state index contributed by atoms with van der Waals surface area (Å²) < 4.78 is 0. The normalized spacial score (nSPS) is 15.2. The fourth-order valence-corrected chi connectivity index (χ4v) is 16.1. The number of nitrogens with one attached hydrogen (secondary N) is 21. The van der Waals surface area contributed by atoms with E-state index >= 15 is 4.79 Å². The minimum absolute atomic E-state index is 0.00737. The number of carboxylic acids is 1. The zero-order valence-corrected chi connectivity index (χ0v) is 81.4. The van der Waals surface area contributed by atoms with Crippen molar-refractivity contribution in [2.24, 2.45) is 40.9 Å². The Hall–Kier alpha value is -13.9. The molecule has 46 nitrogen and oxygen atoms in total. The lowest BCUT2D eigenvalue weighted by atomic mass is 10.0. The number of rotatable bonds is 57. The molecule has 14 atom stereocenters. The maximum Gasteiger partial charge on any atom is 0.325 e. The number of para-hydroxylation sites is 3. The van der Waals surface area contributed by atoms with Gasteiger partial charge in [-0.05, 0) is 117 Å². The maximum absolute atomic E-state index is 15.1. The molecule has 0 aliphatic carbocycles. The van der Waals surface area contributed by atoms with Crippen LogP contribution in [0.5, 0.6) is 0 Å². The highest BCUT2D eigenvalue weighted by molar-refractivity contribution is 7.80. The van der Waals surface area contributed by atoms with Gasteiger partial charge in [0.25, 0.3) is 0 Å². The maximum atomic E-state index is 15.1. The molecule has 18 amide bonds. The second-order valence-corrected chi connectivity index (χ2v) is 36.7. The summed E-state index contributed by atoms with van der Waals surface area (Å²) >= 11 is 8.38. The van der Waals surface area contributed by atoms with Crippen LogP contribution < -0.4 is 108 Å². The Morgan fingerprint density at radius 3 is 1.24 bits per heavy atom. The Labute approximate surface area is 819 Å². The summed E-state index contributed by atoms with van der Waals surface area (Å²) in [4.78, 5) is 273. The topological polar surface area (TPSA) is 722 Å². The summed E-state index contributed by atoms with van der Waals surface area (Å²) in [6.07, 6.45) is 4.16. The van der Waals surface area contributed by atoms with E-state index < -0.39 is 248 Å². The van der Waals surface area contributed by atoms with Gasteiger partial charge in [-0.25, -0.2) is 0 Å². The SMILES string of the molecule is CC(C)C[C@H](NC(=O)[C@H](CCCNC(=N)N)NC(=O)[C@H](CCC(N)=O)NC(=O)[C@H](CS)NC(=O)[C@@H](N)CC(C)C)C(=O)NCC(=O)N[C@H](C(=O)NCC(=O)N[C@@H](Cc1c[nH]c2ccccc12)C(=O)N1CCC[C@H]1C(=O)NCC(=O)N[C@@H](Cc1c[nH]c2ccccc12)C(=O)N[C@@H](CC(C)C)C(=O)N[C@@H](CO)C(=O)NCC(=O)N[C@@H](Cc1c[nH]c2ccccc12)C(=O)N[C@@H](CS)C(=O)N[C@@H](C)C(=O)O)C(C)C. The van der Waals surface area contributed by atoms with Crippen LogP contribution in [0.1, 0.15) is 137 Å². The van der Waals surface area contributed by atoms with Gasteiger partial charge in [0, 0.05) is 102 Å². The minimum Gasteiger partial charge on any atom is -0.480 e. The number of carbonyl (C=O) groups is 19. The van der Waals surface area contributed by atoms with Crippen molar-refractivity contribution < 1.29 is 101 Å². The van der Waals surface area contributed by atoms with Crippen molar-refractivity contribution in [3.8, 4) is 0 Å². The molecule has 7 rings (SSSR count). The molecule has 6 aromatic rings. The number of likely N-dealkylation sites (tertiary alicyclic amines) is 1. The largest absolute Gasteiger partial charge is 0.480 e. The van der Waals surface area contributed by atoms with Gasteiger partial charge in [-0.3, -0.25) is 96.5 Å². The summed E-state index contributed by atoms with van der Waals surface area (Å²) in [5.74, 6) is -19.2. The first kappa shape index (κ1) is 113. The first-order valence-electron chi connectivity index (χ1n) is 46.2. The van der Waals surface area contributed by atoms with Crippen molar-refractivity contribution in [2.75, 3.05) is 57.4 Å². The van der Waals surface area contributed by atoms with Crippen LogP contribution in [-0.2, 0) is 110 Å². The van der Waals surface area contributed by atoms with E-state index in [4.69, 9.17) is 22.6 Å². The zero-order valence-electron chi connectivity index (χ0n) is 79.6. The number of primary amides is 1. The predicted octanol–water partition coefficient (Wildman–Crippen LogP) is -3.96. The second kappa shape index (κ2) is 55.6. The van der Waals surface area contributed by atoms with Gasteiger partial charge in [-0.1, -0.05) is 110 Å². The molecule has 29 N–H and O–H groups in total. The van der Waals surface area contributed by atoms with Crippen molar-refractivity contribution in [1.82, 2.24) is 110 Å². The summed E-state index contributed by atoms with van der Waals surface area (Å²) in [5.41, 5.74) is 20.7. The van der Waals surface area contributed by atoms with Gasteiger partial charge in [0.2, 0.25) is 106 Å². The number of H-pyrrole nitrogens is 3. The number of carbonyl (C=O) groups excluding carboxylic acids is 18. The lowest BCUT2D eigenvalue weighted by Crippen LogP contribution is -2.59. The Morgan fingerprint density at radius 1 is 0.429 bits per heavy atom. The number of thiol groups is 2. The number of amides is 18. The Balaban J connectivity index is 0.984. The number of aliphatic carboxylic acids is 1. The summed E-state index contributed by atoms with van der Waals surface area (Å²) in [6.45, 7) is 11.0. The van der Waals surface area contributed by atoms with Gasteiger partial charge in [0.05, 0.1) is 38.8 Å². The molecular weight excluding hydrogens is 1860 g/mol. The van der Waals surface area contributed by atoms with Crippen LogP contribution in [0, 0.1) is 29.1 Å². The van der Waals surface area contributed by atoms with Gasteiger partial charge < -0.3 is 138 Å². The van der Waals surface area contributed by atoms with Crippen LogP contribution in [-0.4, -0.2) is 290 Å². The number of guanidine groups is 1. The molecule has 0 unspecified atom stereocenters. The quantitative estimate of drug-likeness (QED) is 0.00750. The van der Waals surface area contributed by atoms with E-state index in [9.17, 15) is 96.5 Å². The zero-order chi connectivity index (χ0) is 103. The lowest BCUT2D eigenvalue weighted by Gasteiger charge is -2.29. The third-order valence-electron chi connectivity index (χ3n) is 22.9. The van der Waals surface area contributed by atoms with Crippen LogP contribution in [0.4, 0.5) is 0 Å². The van der Waals surface area contributed by atoms with Crippen molar-refractivity contribution in [3.63, 3.8) is 0 Å². The number of aliphatic hydroxyl groups is 1. The van der Waals surface area contributed by atoms with Gasteiger partial charge in [-0.2, -0.15) is 25.3 Å². The number of aromatic nitrogens is 3. The second-order valence-electron chi connectivity index (χ2n) is 35.9. The summed E-state index contributed by atoms with van der Waals surface area (Å²) in [6, 6.07) is 1.92. The van der Waals surface area contributed by atoms with E-state index in [-0.39, 0.29) is 113 Å². The van der Waals surface area contributed by atoms with Crippen molar-refractivity contribution >= 4 is 176 Å². The van der Waals surface area contributed by atoms with Gasteiger partial charge in [-0.15, -0.1) is 0 Å². The number of nitrogens with zero attached hydrogens (tertiary/aromatic N) is 1. The molecule has 0 saturated carbocycles. The van der Waals surface area contributed by atoms with Crippen LogP contribution in [0.25, 0.3) is 32.7 Å². The highest BCUT2D eigenvalue weighted by atomic mass is 32.1. The Morgan fingerprint density at radius 2 is 0.800 bits per heavy atom. The van der Waals surface area contributed by atoms with Gasteiger partial charge in [0.1, 0.15) is 78.5 Å². The molecule has 3 aromatic carbocycles. The smallest absolute Gasteiger partial charge is 0.325 e. The van der Waals surface area contributed by atoms with E-state index in [1.807, 2.05) is 13.8 Å². The molecule has 4 heterocycles. The average molecular weight is 1990 g/mol. The monoisotopic (exact) mass is 1990 g/mol. The van der Waals surface area contributed by atoms with E-state index in [1.165, 1.54) is 11.8 Å². The number of hydrogen-bond donors (Lipinski definition) is 28. The fourth-order valence-electron chi connectivity index (χ4n) is 15.6. The van der Waals surface area contributed by atoms with E-state index in [0.717, 1.165) is 0 Å². The minimum atomic E-state index is -1.74. The average Bonchev–Trinajstić information content (AvgIpc) is 1.67. The van der Waals surface area contributed by atoms with Crippen molar-refractivity contribution in [2.45, 2.75) is 224 Å². The number of nitrogens with two attached hydrogens (primary N) is 3. The molecule has 0 radical (unpaired) electrons. The predicted molar refractivity (Wildman–Crippen MR) is 523 cm³/mol. The third kappa shape index (κ3) is 35.5. The molecule has 0 spiro atoms. The number of hydrogen-bond acceptors (Lipinski definition) is 24. The first-order valence-corrected chi connectivity index (χ1v) is 47.5. The highest BCUT2D eigenvalue weighted by Crippen LogP contribution is 2.26. The number of aliphatic hydroxyl groups excluding tert-OH is 1. The van der Waals surface area contributed by atoms with E-state index in [2.05, 4.69) is 131 Å². The molecule has 3 aromatic heterocycles. The molecular formula is C92H133N25O21S2. The van der Waals surface area contributed by atoms with Crippen molar-refractivity contribution in [1.29, 1.82) is 5.41 Å². The number of aromatic amines is 3. The lowest BCUT2D eigenvalue weighted by molar-refractivity contribution is -0.141. The van der Waals surface area contributed by atoms with Crippen LogP contribution in [0.3, 0.4) is 0 Å². The molecule has 1 fully saturated rings. The standard InChI is InChI=1S/C92H133N25O21S2/c1-46(2)30-57(93)78(124)114-70(45-140)87(133)110-62(26-27-72(94)119)82(128)109-61(24-16-28-97-92(95)96)81(127)111-63(31-47(3)4)79(125)101-42-76(123)116-77(49(7)8)89(135)104-41-75(122)108-67(35-53-38-100-60-23-15-12-20-56(53)60)90(136)117-29-17-25-71(117)88(134)103-40-74(121)106-65(33-51-36-98-58-21-13-10-18-54(51)58)84(130)112-64(32-48(5)6)83(129)113-68(43-118)80(126)102-39-73(120)107-66(34-52-37-99-59-22-14-11-19-55(52)59)85(131)115-69(44-139)86(132)105-50(9)91(137)138/h10-15,18-23,36-38,46-50,57,61-71,77,98-100,118,139-140H,16-17,24-35,39-45,93H2,1-9H3,(H2,94,119)(H,101,125)(H,102,126)(H,103,134)(H,104,135)(H,105,132)(H,106,121)(H,107,120)(H,108,122)(H,109,128)(H,110,133)(H,111,127)(H,112,130)(H,113,129)(H,114,124)(H,115,131)(H,116,123)(H,137,138)(H4,95,96,97)/t50-,57-,61-,62-,63-,64-,65-,66-,67-,68-,69-,70-,71-,77-/m0/s1. The van der Waals surface area contributed by atoms with Crippen molar-refractivity contribution in [3.05, 3.63) is 108 Å². The Kier molecular flexibility index (Phi) is 44.9. The molecule has 0 bridgehead atoms. The summed E-state index contributed by atoms with van der Waals surface area (Å²) in [5, 5.41) is 72.6. The van der Waals surface area contributed by atoms with Crippen LogP contribution in [0.15, 0.2) is 91.4 Å². The first-order chi connectivity index (χ1) is 66.4. The van der Waals surface area contributed by atoms with Crippen LogP contribution >= 0.6 is 25.3 Å². The molecule has 1 aliphatic heterocycles. The molecule has 1 saturated heterocycles. The Bertz CT molecular complexity index is 5390. The molecule has 1 aliphatic rings. The highest BCUT2D eigenvalue weighted by Gasteiger charge is 2.41. The van der Waals surface area contributed by atoms with Crippen LogP contribution in [0.2, 0.25) is 0 Å². The van der Waals surface area contributed by atoms with E-state index in [0.29, 0.717) is 49.4 Å². The molecule has 764 valence electrons. The van der Waals surface area contributed by atoms with Gasteiger partial charge in [0.15, 0.2) is 5.96 Å². The van der Waals surface area contributed by atoms with E-state index in [1.54, 1.807) is 133 Å². The van der Waals surface area contributed by atoms with Gasteiger partial charge >= 0.3 is 5.97 Å². The molecule has 48 heteroatoms. The number of carboxylic acid groups (broad SMARTS) is 1. The molecule has 140 heavy (non-hydrogen) atoms. The number of fused-ring (bicyclic) bond motifs is 3.